The standard InChI is InChI=1S/C3H6O2.Na/c1-2-3(4)5;/h2H2,1H3,(H,4,5);/q;+1/p-1/i1+1;. The molecule has 0 aliphatic rings. The van der Waals surface area contributed by atoms with Gasteiger partial charge in [0.15, 0.2) is 0 Å². The van der Waals surface area contributed by atoms with E-state index in [0.29, 0.717) is 0 Å². The zero-order chi connectivity index (χ0) is 4.28. The van der Waals surface area contributed by atoms with E-state index in [1.54, 1.807) is 0 Å². The van der Waals surface area contributed by atoms with Crippen LogP contribution in [0.2, 0.25) is 0 Å². The predicted molar refractivity (Wildman–Crippen MR) is 15.3 cm³/mol. The van der Waals surface area contributed by atoms with Gasteiger partial charge >= 0.3 is 29.6 Å². The van der Waals surface area contributed by atoms with Crippen molar-refractivity contribution in [3.63, 3.8) is 0 Å². The molecule has 0 fully saturated rings. The van der Waals surface area contributed by atoms with Crippen molar-refractivity contribution in [3.8, 4) is 0 Å². The molecule has 0 radical (unpaired) electrons. The molecule has 0 N–H and O–H groups in total. The summed E-state index contributed by atoms with van der Waals surface area (Å²) in [4.78, 5) is 9.26. The van der Waals surface area contributed by atoms with Crippen molar-refractivity contribution >= 4 is 5.97 Å². The first kappa shape index (κ1) is 9.69. The molecule has 0 aromatic carbocycles. The zero-order valence-electron chi connectivity index (χ0n) is 4.02. The molecule has 0 aliphatic carbocycles. The summed E-state index contributed by atoms with van der Waals surface area (Å²) in [6, 6.07) is 0. The van der Waals surface area contributed by atoms with Crippen LogP contribution in [0.15, 0.2) is 0 Å². The Morgan fingerprint density at radius 2 is 2.00 bits per heavy atom. The van der Waals surface area contributed by atoms with E-state index in [1.807, 2.05) is 0 Å². The van der Waals surface area contributed by atoms with Crippen molar-refractivity contribution < 1.29 is 39.5 Å². The van der Waals surface area contributed by atoms with E-state index in [1.165, 1.54) is 6.92 Å². The largest absolute Gasteiger partial charge is 1.00 e. The molecule has 0 spiro atoms. The second-order valence-corrected chi connectivity index (χ2v) is 0.726. The van der Waals surface area contributed by atoms with Gasteiger partial charge in [-0.2, -0.15) is 0 Å². The minimum Gasteiger partial charge on any atom is -0.550 e. The first-order valence-corrected chi connectivity index (χ1v) is 1.47. The third-order valence-electron chi connectivity index (χ3n) is 0.289. The van der Waals surface area contributed by atoms with Crippen LogP contribution in [0.25, 0.3) is 0 Å². The Labute approximate surface area is 58.8 Å². The zero-order valence-corrected chi connectivity index (χ0v) is 6.02. The van der Waals surface area contributed by atoms with Crippen molar-refractivity contribution in [1.82, 2.24) is 0 Å². The van der Waals surface area contributed by atoms with E-state index in [2.05, 4.69) is 0 Å². The molecule has 0 rings (SSSR count). The summed E-state index contributed by atoms with van der Waals surface area (Å²) >= 11 is 0. The Balaban J connectivity index is 0. The first-order chi connectivity index (χ1) is 2.27. The van der Waals surface area contributed by atoms with Crippen LogP contribution in [-0.4, -0.2) is 5.97 Å². The molecule has 0 heterocycles. The third-order valence-corrected chi connectivity index (χ3v) is 0.289. The fourth-order valence-electron chi connectivity index (χ4n) is 0. The number of carbonyl (C=O) groups excluding carboxylic acids is 1. The Bertz CT molecular complexity index is 44.1. The second-order valence-electron chi connectivity index (χ2n) is 0.726. The molecule has 6 heavy (non-hydrogen) atoms. The van der Waals surface area contributed by atoms with Gasteiger partial charge in [0.1, 0.15) is 0 Å². The van der Waals surface area contributed by atoms with Crippen LogP contribution in [0.4, 0.5) is 0 Å². The van der Waals surface area contributed by atoms with Gasteiger partial charge in [0.25, 0.3) is 0 Å². The summed E-state index contributed by atoms with van der Waals surface area (Å²) in [6.07, 6.45) is 0.111. The SMILES string of the molecule is [13CH3]CC(=O)[O-].[Na+]. The van der Waals surface area contributed by atoms with Gasteiger partial charge in [-0.3, -0.25) is 0 Å². The minimum absolute atomic E-state index is 0. The molecule has 3 heteroatoms. The van der Waals surface area contributed by atoms with Crippen LogP contribution < -0.4 is 34.7 Å². The Kier molecular flexibility index (Phi) is 8.83. The first-order valence-electron chi connectivity index (χ1n) is 1.47. The van der Waals surface area contributed by atoms with E-state index in [0.717, 1.165) is 0 Å². The number of hydrogen-bond donors (Lipinski definition) is 0. The number of carboxylic acids is 1. The molecule has 0 amide bonds. The van der Waals surface area contributed by atoms with Crippen molar-refractivity contribution in [1.29, 1.82) is 0 Å². The van der Waals surface area contributed by atoms with E-state index in [9.17, 15) is 9.90 Å². The summed E-state index contributed by atoms with van der Waals surface area (Å²) in [5.41, 5.74) is 0. The Morgan fingerprint density at radius 1 is 1.83 bits per heavy atom. The topological polar surface area (TPSA) is 40.1 Å². The van der Waals surface area contributed by atoms with Crippen LogP contribution in [0.3, 0.4) is 0 Å². The molecule has 30 valence electrons. The number of carboxylic acid groups (broad SMARTS) is 1. The molecule has 0 saturated carbocycles. The van der Waals surface area contributed by atoms with Crippen LogP contribution in [0.5, 0.6) is 0 Å². The maximum Gasteiger partial charge on any atom is 1.00 e. The van der Waals surface area contributed by atoms with Gasteiger partial charge in [-0.1, -0.05) is 6.92 Å². The normalized spacial score (nSPS) is 6.17. The molecule has 0 aliphatic heterocycles. The van der Waals surface area contributed by atoms with Gasteiger partial charge in [-0.15, -0.1) is 0 Å². The van der Waals surface area contributed by atoms with E-state index < -0.39 is 5.97 Å². The molecular weight excluding hydrogens is 92.0 g/mol. The molecule has 0 bridgehead atoms. The van der Waals surface area contributed by atoms with Gasteiger partial charge in [0.2, 0.25) is 0 Å². The van der Waals surface area contributed by atoms with Gasteiger partial charge in [-0.25, -0.2) is 0 Å². The van der Waals surface area contributed by atoms with Crippen molar-refractivity contribution in [2.75, 3.05) is 0 Å². The summed E-state index contributed by atoms with van der Waals surface area (Å²) in [6.45, 7) is 1.54. The number of hydrogen-bond acceptors (Lipinski definition) is 2. The van der Waals surface area contributed by atoms with Crippen LogP contribution >= 0.6 is 0 Å². The predicted octanol–water partition coefficient (Wildman–Crippen LogP) is -3.85. The molecule has 0 aromatic heterocycles. The number of aliphatic carboxylic acids is 1. The summed E-state index contributed by atoms with van der Waals surface area (Å²) in [5, 5.41) is 9.26. The fraction of sp³-hybridized carbons (Fsp3) is 0.667. The molecule has 0 saturated heterocycles. The van der Waals surface area contributed by atoms with Gasteiger partial charge < -0.3 is 9.90 Å². The van der Waals surface area contributed by atoms with Gasteiger partial charge in [-0.05, 0) is 6.42 Å². The molecule has 0 atom stereocenters. The molecule has 0 unspecified atom stereocenters. The van der Waals surface area contributed by atoms with Crippen LogP contribution in [0, 0.1) is 0 Å². The minimum atomic E-state index is -0.995. The maximum atomic E-state index is 9.26. The average molecular weight is 97.1 g/mol. The maximum absolute atomic E-state index is 9.26. The van der Waals surface area contributed by atoms with Gasteiger partial charge in [0.05, 0.1) is 0 Å². The quantitative estimate of drug-likeness (QED) is 0.248. The molecule has 0 aromatic rings. The number of rotatable bonds is 1. The Hall–Kier alpha value is 0.470. The van der Waals surface area contributed by atoms with Crippen LogP contribution in [0.1, 0.15) is 13.3 Å². The van der Waals surface area contributed by atoms with E-state index >= 15 is 0 Å². The van der Waals surface area contributed by atoms with E-state index in [4.69, 9.17) is 0 Å². The fourth-order valence-corrected chi connectivity index (χ4v) is 0. The Morgan fingerprint density at radius 3 is 2.00 bits per heavy atom. The van der Waals surface area contributed by atoms with Crippen molar-refractivity contribution in [2.45, 2.75) is 13.3 Å². The number of carbonyl (C=O) groups is 1. The summed E-state index contributed by atoms with van der Waals surface area (Å²) in [7, 11) is 0. The summed E-state index contributed by atoms with van der Waals surface area (Å²) < 4.78 is 0. The third kappa shape index (κ3) is 8.82. The molecular formula is C3H5NaO2. The monoisotopic (exact) mass is 97.0 g/mol. The summed E-state index contributed by atoms with van der Waals surface area (Å²) in [5.74, 6) is -0.995. The van der Waals surface area contributed by atoms with E-state index in [-0.39, 0.29) is 36.0 Å². The van der Waals surface area contributed by atoms with Crippen LogP contribution in [-0.2, 0) is 4.79 Å². The molecule has 2 nitrogen and oxygen atoms in total. The van der Waals surface area contributed by atoms with Gasteiger partial charge in [0, 0.05) is 5.97 Å². The van der Waals surface area contributed by atoms with Crippen molar-refractivity contribution in [3.05, 3.63) is 0 Å². The second kappa shape index (κ2) is 5.47. The smallest absolute Gasteiger partial charge is 0.550 e. The van der Waals surface area contributed by atoms with Crippen molar-refractivity contribution in [2.24, 2.45) is 0 Å². The average Bonchev–Trinajstić information content (AvgIpc) is 1.38.